The molecular weight excluding hydrogens is 392 g/mol. The van der Waals surface area contributed by atoms with Gasteiger partial charge in [-0.1, -0.05) is 12.1 Å². The highest BCUT2D eigenvalue weighted by Crippen LogP contribution is 2.25. The first-order valence-electron chi connectivity index (χ1n) is 7.97. The van der Waals surface area contributed by atoms with Crippen molar-refractivity contribution in [3.63, 3.8) is 0 Å². The van der Waals surface area contributed by atoms with Gasteiger partial charge in [0.15, 0.2) is 14.9 Å². The molecule has 2 heterocycles. The lowest BCUT2D eigenvalue weighted by atomic mass is 10.1. The van der Waals surface area contributed by atoms with E-state index in [1.807, 2.05) is 0 Å². The minimum Gasteiger partial charge on any atom is -0.455 e. The Kier molecular flexibility index (Phi) is 5.51. The lowest BCUT2D eigenvalue weighted by Gasteiger charge is -2.11. The number of hydrazone groups is 1. The molecule has 27 heavy (non-hydrogen) atoms. The molecule has 1 aromatic heterocycles. The number of thiocarbonyl (C=S) groups is 1. The van der Waals surface area contributed by atoms with Gasteiger partial charge in [-0.05, 0) is 30.8 Å². The standard InChI is InChI=1S/C16H16N4O5S2/c21-20(22)13-3-1-2-11(8-13)15-5-4-14(25-15)9-17-19-16(26)18-12-6-7-27(23,24)10-12/h1-5,8-9,12H,6-7,10H2,(H2,18,19,26)/b17-9+. The number of hydrogen-bond acceptors (Lipinski definition) is 7. The van der Waals surface area contributed by atoms with Gasteiger partial charge >= 0.3 is 0 Å². The number of nitrogens with zero attached hydrogens (tertiary/aromatic N) is 2. The van der Waals surface area contributed by atoms with Crippen LogP contribution in [0.3, 0.4) is 0 Å². The summed E-state index contributed by atoms with van der Waals surface area (Å²) < 4.78 is 28.4. The monoisotopic (exact) mass is 408 g/mol. The first kappa shape index (κ1) is 19.0. The Hall–Kier alpha value is -2.79. The molecule has 1 aliphatic rings. The van der Waals surface area contributed by atoms with Crippen molar-refractivity contribution < 1.29 is 17.8 Å². The van der Waals surface area contributed by atoms with Gasteiger partial charge in [-0.3, -0.25) is 15.5 Å². The highest BCUT2D eigenvalue weighted by Gasteiger charge is 2.28. The molecule has 0 spiro atoms. The summed E-state index contributed by atoms with van der Waals surface area (Å²) >= 11 is 5.08. The van der Waals surface area contributed by atoms with Gasteiger partial charge in [0.2, 0.25) is 0 Å². The van der Waals surface area contributed by atoms with Crippen LogP contribution in [0.1, 0.15) is 12.2 Å². The van der Waals surface area contributed by atoms with Gasteiger partial charge in [-0.2, -0.15) is 5.10 Å². The van der Waals surface area contributed by atoms with Gasteiger partial charge < -0.3 is 9.73 Å². The average molecular weight is 408 g/mol. The van der Waals surface area contributed by atoms with Crippen molar-refractivity contribution in [3.8, 4) is 11.3 Å². The highest BCUT2D eigenvalue weighted by molar-refractivity contribution is 7.91. The van der Waals surface area contributed by atoms with Gasteiger partial charge in [-0.25, -0.2) is 8.42 Å². The maximum Gasteiger partial charge on any atom is 0.270 e. The SMILES string of the molecule is O=[N+]([O-])c1cccc(-c2ccc(/C=N/NC(=S)NC3CCS(=O)(=O)C3)o2)c1. The number of nitro groups is 1. The number of nitrogens with one attached hydrogen (secondary N) is 2. The fourth-order valence-electron chi connectivity index (χ4n) is 2.63. The molecule has 9 nitrogen and oxygen atoms in total. The summed E-state index contributed by atoms with van der Waals surface area (Å²) in [6, 6.07) is 9.25. The Labute approximate surface area is 160 Å². The summed E-state index contributed by atoms with van der Waals surface area (Å²) in [7, 11) is -2.98. The first-order valence-corrected chi connectivity index (χ1v) is 10.2. The van der Waals surface area contributed by atoms with Crippen LogP contribution >= 0.6 is 12.2 Å². The predicted molar refractivity (Wildman–Crippen MR) is 104 cm³/mol. The lowest BCUT2D eigenvalue weighted by Crippen LogP contribution is -2.40. The van der Waals surface area contributed by atoms with Gasteiger partial charge in [0.25, 0.3) is 5.69 Å². The molecule has 1 saturated heterocycles. The summed E-state index contributed by atoms with van der Waals surface area (Å²) in [6.07, 6.45) is 1.92. The third-order valence-electron chi connectivity index (χ3n) is 3.89. The van der Waals surface area contributed by atoms with Crippen molar-refractivity contribution in [3.05, 3.63) is 52.3 Å². The molecule has 0 aliphatic carbocycles. The van der Waals surface area contributed by atoms with E-state index in [9.17, 15) is 18.5 Å². The van der Waals surface area contributed by atoms with Crippen LogP contribution in [-0.2, 0) is 9.84 Å². The average Bonchev–Trinajstić information content (AvgIpc) is 3.21. The third-order valence-corrected chi connectivity index (χ3v) is 5.87. The molecule has 1 unspecified atom stereocenters. The number of sulfone groups is 1. The molecule has 142 valence electrons. The molecule has 1 atom stereocenters. The zero-order chi connectivity index (χ0) is 19.4. The van der Waals surface area contributed by atoms with E-state index in [1.54, 1.807) is 24.3 Å². The van der Waals surface area contributed by atoms with Crippen molar-refractivity contribution >= 4 is 39.1 Å². The van der Waals surface area contributed by atoms with Crippen LogP contribution in [0, 0.1) is 10.1 Å². The Morgan fingerprint density at radius 1 is 1.37 bits per heavy atom. The maximum absolute atomic E-state index is 11.4. The minimum absolute atomic E-state index is 0.0221. The van der Waals surface area contributed by atoms with Crippen LogP contribution in [-0.4, -0.2) is 42.2 Å². The van der Waals surface area contributed by atoms with E-state index >= 15 is 0 Å². The van der Waals surface area contributed by atoms with E-state index in [0.29, 0.717) is 23.5 Å². The van der Waals surface area contributed by atoms with Crippen LogP contribution in [0.25, 0.3) is 11.3 Å². The normalized spacial score (nSPS) is 18.4. The Morgan fingerprint density at radius 3 is 2.89 bits per heavy atom. The molecule has 0 bridgehead atoms. The molecule has 1 aromatic carbocycles. The molecule has 0 amide bonds. The van der Waals surface area contributed by atoms with Crippen molar-refractivity contribution in [1.82, 2.24) is 10.7 Å². The van der Waals surface area contributed by atoms with Crippen molar-refractivity contribution in [2.24, 2.45) is 5.10 Å². The smallest absolute Gasteiger partial charge is 0.270 e. The second-order valence-electron chi connectivity index (χ2n) is 5.95. The van der Waals surface area contributed by atoms with Gasteiger partial charge in [0.1, 0.15) is 11.5 Å². The van der Waals surface area contributed by atoms with E-state index < -0.39 is 14.8 Å². The van der Waals surface area contributed by atoms with E-state index in [2.05, 4.69) is 15.8 Å². The first-order chi connectivity index (χ1) is 12.8. The largest absolute Gasteiger partial charge is 0.455 e. The summed E-state index contributed by atoms with van der Waals surface area (Å²) in [4.78, 5) is 10.4. The van der Waals surface area contributed by atoms with E-state index in [-0.39, 0.29) is 28.3 Å². The third kappa shape index (κ3) is 5.11. The summed E-state index contributed by atoms with van der Waals surface area (Å²) in [5.41, 5.74) is 3.16. The maximum atomic E-state index is 11.4. The fourth-order valence-corrected chi connectivity index (χ4v) is 4.52. The molecule has 2 aromatic rings. The van der Waals surface area contributed by atoms with Gasteiger partial charge in [0, 0.05) is 23.7 Å². The molecular formula is C16H16N4O5S2. The predicted octanol–water partition coefficient (Wildman–Crippen LogP) is 1.84. The lowest BCUT2D eigenvalue weighted by molar-refractivity contribution is -0.384. The number of nitro benzene ring substituents is 1. The minimum atomic E-state index is -2.98. The topological polar surface area (TPSA) is 127 Å². The van der Waals surface area contributed by atoms with Crippen molar-refractivity contribution in [2.75, 3.05) is 11.5 Å². The summed E-state index contributed by atoms with van der Waals surface area (Å²) in [5.74, 6) is 1.11. The summed E-state index contributed by atoms with van der Waals surface area (Å²) in [5, 5.41) is 17.9. The fraction of sp³-hybridized carbons (Fsp3) is 0.250. The molecule has 2 N–H and O–H groups in total. The summed E-state index contributed by atoms with van der Waals surface area (Å²) in [6.45, 7) is 0. The molecule has 3 rings (SSSR count). The zero-order valence-electron chi connectivity index (χ0n) is 14.0. The molecule has 11 heteroatoms. The van der Waals surface area contributed by atoms with Crippen LogP contribution in [0.15, 0.2) is 45.9 Å². The highest BCUT2D eigenvalue weighted by atomic mass is 32.2. The Morgan fingerprint density at radius 2 is 2.19 bits per heavy atom. The number of benzene rings is 1. The van der Waals surface area contributed by atoms with Crippen LogP contribution in [0.2, 0.25) is 0 Å². The molecule has 1 aliphatic heterocycles. The zero-order valence-corrected chi connectivity index (χ0v) is 15.6. The second kappa shape index (κ2) is 7.84. The van der Waals surface area contributed by atoms with E-state index in [4.69, 9.17) is 16.6 Å². The number of furan rings is 1. The second-order valence-corrected chi connectivity index (χ2v) is 8.59. The van der Waals surface area contributed by atoms with Gasteiger partial charge in [-0.15, -0.1) is 0 Å². The van der Waals surface area contributed by atoms with E-state index in [1.165, 1.54) is 18.3 Å². The molecule has 1 fully saturated rings. The quantitative estimate of drug-likeness (QED) is 0.332. The number of rotatable bonds is 5. The number of non-ortho nitro benzene ring substituents is 1. The van der Waals surface area contributed by atoms with E-state index in [0.717, 1.165) is 0 Å². The van der Waals surface area contributed by atoms with Crippen molar-refractivity contribution in [2.45, 2.75) is 12.5 Å². The van der Waals surface area contributed by atoms with Crippen LogP contribution in [0.4, 0.5) is 5.69 Å². The molecule has 0 saturated carbocycles. The van der Waals surface area contributed by atoms with Gasteiger partial charge in [0.05, 0.1) is 22.6 Å². The molecule has 0 radical (unpaired) electrons. The Bertz CT molecular complexity index is 1000. The Balaban J connectivity index is 1.57. The van der Waals surface area contributed by atoms with Crippen molar-refractivity contribution in [1.29, 1.82) is 0 Å². The van der Waals surface area contributed by atoms with Crippen LogP contribution < -0.4 is 10.7 Å². The van der Waals surface area contributed by atoms with Crippen LogP contribution in [0.5, 0.6) is 0 Å². The number of hydrogen-bond donors (Lipinski definition) is 2.